The molecule has 104 valence electrons. The van der Waals surface area contributed by atoms with Crippen molar-refractivity contribution in [2.24, 2.45) is 5.92 Å². The normalized spacial score (nSPS) is 19.4. The second-order valence-electron chi connectivity index (χ2n) is 5.25. The molecule has 0 saturated heterocycles. The Labute approximate surface area is 117 Å². The molecule has 0 aromatic carbocycles. The van der Waals surface area contributed by atoms with E-state index in [1.165, 1.54) is 0 Å². The van der Waals surface area contributed by atoms with E-state index in [2.05, 4.69) is 27.7 Å². The third kappa shape index (κ3) is 2.57. The highest BCUT2D eigenvalue weighted by atomic mass is 16.1. The van der Waals surface area contributed by atoms with Crippen molar-refractivity contribution in [2.75, 3.05) is 0 Å². The lowest BCUT2D eigenvalue weighted by Gasteiger charge is -2.14. The van der Waals surface area contributed by atoms with Gasteiger partial charge in [-0.05, 0) is 37.8 Å². The van der Waals surface area contributed by atoms with Gasteiger partial charge in [0.15, 0.2) is 11.5 Å². The van der Waals surface area contributed by atoms with E-state index in [9.17, 15) is 4.79 Å². The van der Waals surface area contributed by atoms with Crippen molar-refractivity contribution in [3.63, 3.8) is 0 Å². The molecule has 1 aliphatic carbocycles. The van der Waals surface area contributed by atoms with Gasteiger partial charge in [0.05, 0.1) is 6.04 Å². The first-order chi connectivity index (χ1) is 9.74. The van der Waals surface area contributed by atoms with E-state index in [4.69, 9.17) is 0 Å². The van der Waals surface area contributed by atoms with Crippen LogP contribution in [0.3, 0.4) is 0 Å². The number of allylic oxidation sites excluding steroid dienone is 2. The SMILES string of the molecule is CC(NC(=O)CC1C=CCC1)c1nnc2ccccn12. The first-order valence-corrected chi connectivity index (χ1v) is 7.00. The molecule has 1 N–H and O–H groups in total. The molecule has 2 aromatic heterocycles. The highest BCUT2D eigenvalue weighted by molar-refractivity contribution is 5.76. The molecule has 2 heterocycles. The van der Waals surface area contributed by atoms with Gasteiger partial charge in [-0.1, -0.05) is 18.2 Å². The van der Waals surface area contributed by atoms with Crippen LogP contribution in [0.2, 0.25) is 0 Å². The van der Waals surface area contributed by atoms with Gasteiger partial charge in [0, 0.05) is 12.6 Å². The number of amides is 1. The van der Waals surface area contributed by atoms with Crippen molar-refractivity contribution in [1.29, 1.82) is 0 Å². The number of hydrogen-bond donors (Lipinski definition) is 1. The van der Waals surface area contributed by atoms with Crippen LogP contribution in [-0.4, -0.2) is 20.5 Å². The van der Waals surface area contributed by atoms with Gasteiger partial charge in [0.1, 0.15) is 0 Å². The van der Waals surface area contributed by atoms with Crippen LogP contribution >= 0.6 is 0 Å². The standard InChI is InChI=1S/C15H18N4O/c1-11(16-14(20)10-12-6-2-3-7-12)15-18-17-13-8-4-5-9-19(13)15/h2,4-6,8-9,11-12H,3,7,10H2,1H3,(H,16,20). The Hall–Kier alpha value is -2.17. The molecule has 5 nitrogen and oxygen atoms in total. The lowest BCUT2D eigenvalue weighted by atomic mass is 10.0. The molecule has 0 bridgehead atoms. The highest BCUT2D eigenvalue weighted by Crippen LogP contribution is 2.20. The Morgan fingerprint density at radius 3 is 3.20 bits per heavy atom. The van der Waals surface area contributed by atoms with E-state index < -0.39 is 0 Å². The van der Waals surface area contributed by atoms with Crippen LogP contribution in [-0.2, 0) is 4.79 Å². The monoisotopic (exact) mass is 270 g/mol. The van der Waals surface area contributed by atoms with Crippen molar-refractivity contribution < 1.29 is 4.79 Å². The number of fused-ring (bicyclic) bond motifs is 1. The molecule has 1 amide bonds. The van der Waals surface area contributed by atoms with Crippen molar-refractivity contribution in [1.82, 2.24) is 19.9 Å². The summed E-state index contributed by atoms with van der Waals surface area (Å²) < 4.78 is 1.90. The average Bonchev–Trinajstić information content (AvgIpc) is 3.07. The van der Waals surface area contributed by atoms with Crippen molar-refractivity contribution in [3.8, 4) is 0 Å². The van der Waals surface area contributed by atoms with E-state index in [1.54, 1.807) is 0 Å². The Bertz CT molecular complexity index is 646. The summed E-state index contributed by atoms with van der Waals surface area (Å²) in [7, 11) is 0. The fourth-order valence-corrected chi connectivity index (χ4v) is 2.62. The number of carbonyl (C=O) groups excluding carboxylic acids is 1. The Morgan fingerprint density at radius 1 is 1.50 bits per heavy atom. The number of rotatable bonds is 4. The molecule has 0 saturated carbocycles. The summed E-state index contributed by atoms with van der Waals surface area (Å²) >= 11 is 0. The largest absolute Gasteiger partial charge is 0.346 e. The Morgan fingerprint density at radius 2 is 2.40 bits per heavy atom. The fourth-order valence-electron chi connectivity index (χ4n) is 2.62. The van der Waals surface area contributed by atoms with Gasteiger partial charge in [-0.3, -0.25) is 9.20 Å². The number of aromatic nitrogens is 3. The van der Waals surface area contributed by atoms with Crippen LogP contribution in [0.15, 0.2) is 36.5 Å². The summed E-state index contributed by atoms with van der Waals surface area (Å²) in [4.78, 5) is 12.0. The van der Waals surface area contributed by atoms with E-state index in [0.29, 0.717) is 12.3 Å². The maximum Gasteiger partial charge on any atom is 0.221 e. The van der Waals surface area contributed by atoms with Gasteiger partial charge >= 0.3 is 0 Å². The van der Waals surface area contributed by atoms with Crippen molar-refractivity contribution >= 4 is 11.6 Å². The number of hydrogen-bond acceptors (Lipinski definition) is 3. The van der Waals surface area contributed by atoms with Crippen LogP contribution in [0.5, 0.6) is 0 Å². The minimum absolute atomic E-state index is 0.0710. The van der Waals surface area contributed by atoms with Crippen LogP contribution in [0.1, 0.15) is 38.1 Å². The number of pyridine rings is 1. The fraction of sp³-hybridized carbons (Fsp3) is 0.400. The topological polar surface area (TPSA) is 59.3 Å². The maximum atomic E-state index is 12.0. The smallest absolute Gasteiger partial charge is 0.221 e. The minimum Gasteiger partial charge on any atom is -0.346 e. The summed E-state index contributed by atoms with van der Waals surface area (Å²) in [5.74, 6) is 1.22. The average molecular weight is 270 g/mol. The summed E-state index contributed by atoms with van der Waals surface area (Å²) in [5.41, 5.74) is 0.794. The van der Waals surface area contributed by atoms with E-state index in [-0.39, 0.29) is 11.9 Å². The summed E-state index contributed by atoms with van der Waals surface area (Å²) in [5, 5.41) is 11.3. The molecular formula is C15H18N4O. The van der Waals surface area contributed by atoms with Gasteiger partial charge in [-0.15, -0.1) is 10.2 Å². The third-order valence-electron chi connectivity index (χ3n) is 3.66. The predicted octanol–water partition coefficient (Wildman–Crippen LogP) is 2.26. The molecule has 0 fully saturated rings. The van der Waals surface area contributed by atoms with Gasteiger partial charge in [0.2, 0.25) is 5.91 Å². The lowest BCUT2D eigenvalue weighted by molar-refractivity contribution is -0.122. The first kappa shape index (κ1) is 12.8. The second-order valence-corrected chi connectivity index (χ2v) is 5.25. The molecule has 2 aromatic rings. The van der Waals surface area contributed by atoms with Gasteiger partial charge in [0.25, 0.3) is 0 Å². The molecular weight excluding hydrogens is 252 g/mol. The molecule has 3 rings (SSSR count). The highest BCUT2D eigenvalue weighted by Gasteiger charge is 2.18. The quantitative estimate of drug-likeness (QED) is 0.867. The minimum atomic E-state index is -0.148. The summed E-state index contributed by atoms with van der Waals surface area (Å²) in [6, 6.07) is 5.60. The molecule has 0 spiro atoms. The van der Waals surface area contributed by atoms with Crippen molar-refractivity contribution in [2.45, 2.75) is 32.2 Å². The maximum absolute atomic E-state index is 12.0. The number of carbonyl (C=O) groups is 1. The lowest BCUT2D eigenvalue weighted by Crippen LogP contribution is -2.29. The van der Waals surface area contributed by atoms with Crippen LogP contribution in [0, 0.1) is 5.92 Å². The van der Waals surface area contributed by atoms with Gasteiger partial charge in [-0.25, -0.2) is 0 Å². The zero-order valence-corrected chi connectivity index (χ0v) is 11.5. The molecule has 1 aliphatic rings. The van der Waals surface area contributed by atoms with Crippen LogP contribution in [0.4, 0.5) is 0 Å². The number of nitrogens with zero attached hydrogens (tertiary/aromatic N) is 3. The summed E-state index contributed by atoms with van der Waals surface area (Å²) in [6.45, 7) is 1.94. The zero-order chi connectivity index (χ0) is 13.9. The zero-order valence-electron chi connectivity index (χ0n) is 11.5. The van der Waals surface area contributed by atoms with Gasteiger partial charge in [-0.2, -0.15) is 0 Å². The first-order valence-electron chi connectivity index (χ1n) is 7.00. The van der Waals surface area contributed by atoms with E-state index >= 15 is 0 Å². The predicted molar refractivity (Wildman–Crippen MR) is 76.0 cm³/mol. The molecule has 2 unspecified atom stereocenters. The van der Waals surface area contributed by atoms with E-state index in [1.807, 2.05) is 35.7 Å². The van der Waals surface area contributed by atoms with Crippen LogP contribution in [0.25, 0.3) is 5.65 Å². The van der Waals surface area contributed by atoms with E-state index in [0.717, 1.165) is 24.3 Å². The van der Waals surface area contributed by atoms with Crippen molar-refractivity contribution in [3.05, 3.63) is 42.4 Å². The Kier molecular flexibility index (Phi) is 3.50. The number of nitrogens with one attached hydrogen (secondary N) is 1. The molecule has 0 radical (unpaired) electrons. The molecule has 2 atom stereocenters. The Balaban J connectivity index is 1.67. The third-order valence-corrected chi connectivity index (χ3v) is 3.66. The molecule has 5 heteroatoms. The summed E-state index contributed by atoms with van der Waals surface area (Å²) in [6.07, 6.45) is 8.91. The van der Waals surface area contributed by atoms with Gasteiger partial charge < -0.3 is 5.32 Å². The van der Waals surface area contributed by atoms with Crippen LogP contribution < -0.4 is 5.32 Å². The molecule has 20 heavy (non-hydrogen) atoms. The molecule has 0 aliphatic heterocycles. The second kappa shape index (κ2) is 5.45.